The molecule has 0 aliphatic heterocycles. The van der Waals surface area contributed by atoms with Gasteiger partial charge in [-0.2, -0.15) is 0 Å². The molecule has 4 N–H and O–H groups in total. The summed E-state index contributed by atoms with van der Waals surface area (Å²) in [7, 11) is 0. The second-order valence-electron chi connectivity index (χ2n) is 10.1. The van der Waals surface area contributed by atoms with Gasteiger partial charge in [0, 0.05) is 22.3 Å². The van der Waals surface area contributed by atoms with Crippen LogP contribution in [0.3, 0.4) is 0 Å². The number of halogens is 3. The Hall–Kier alpha value is -1.55. The summed E-state index contributed by atoms with van der Waals surface area (Å²) in [6.07, 6.45) is -5.25. The van der Waals surface area contributed by atoms with Gasteiger partial charge in [-0.05, 0) is 44.1 Å². The maximum atomic E-state index is 16.9. The molecule has 4 aliphatic rings. The normalized spacial score (nSPS) is 51.6. The lowest BCUT2D eigenvalue weighted by atomic mass is 9.44. The highest BCUT2D eigenvalue weighted by atomic mass is 19.2. The first kappa shape index (κ1) is 22.6. The van der Waals surface area contributed by atoms with Crippen LogP contribution >= 0.6 is 0 Å². The maximum absolute atomic E-state index is 16.9. The monoisotopic (exact) mass is 444 g/mol. The number of carbonyl (C=O) groups is 2. The Morgan fingerprint density at radius 1 is 1.23 bits per heavy atom. The maximum Gasteiger partial charge on any atom is 0.220 e. The van der Waals surface area contributed by atoms with Crippen LogP contribution in [0.1, 0.15) is 40.0 Å². The molecule has 3 saturated carbocycles. The molecule has 0 heterocycles. The van der Waals surface area contributed by atoms with Crippen molar-refractivity contribution in [3.63, 3.8) is 0 Å². The second-order valence-corrected chi connectivity index (χ2v) is 10.1. The van der Waals surface area contributed by atoms with E-state index in [0.29, 0.717) is 0 Å². The summed E-state index contributed by atoms with van der Waals surface area (Å²) in [4.78, 5) is 24.4. The zero-order valence-corrected chi connectivity index (χ0v) is 17.5. The van der Waals surface area contributed by atoms with Gasteiger partial charge in [0.2, 0.25) is 17.9 Å². The molecule has 0 saturated heterocycles. The third-order valence-corrected chi connectivity index (χ3v) is 8.90. The Kier molecular flexibility index (Phi) is 4.74. The van der Waals surface area contributed by atoms with Crippen LogP contribution in [0.4, 0.5) is 13.2 Å². The zero-order chi connectivity index (χ0) is 23.3. The third-order valence-electron chi connectivity index (χ3n) is 8.90. The van der Waals surface area contributed by atoms with E-state index in [4.69, 9.17) is 0 Å². The minimum atomic E-state index is -2.56. The average Bonchev–Trinajstić information content (AvgIpc) is 2.88. The highest BCUT2D eigenvalue weighted by molar-refractivity contribution is 6.04. The van der Waals surface area contributed by atoms with E-state index >= 15 is 8.78 Å². The van der Waals surface area contributed by atoms with Gasteiger partial charge in [-0.15, -0.1) is 0 Å². The Balaban J connectivity index is 1.89. The van der Waals surface area contributed by atoms with E-state index in [1.54, 1.807) is 0 Å². The molecule has 0 radical (unpaired) electrons. The Morgan fingerprint density at radius 3 is 2.42 bits per heavy atom. The standard InChI is InChI=1S/C22H27F3O6/c1-9-6-10-11-7-12(23)15-16(24)13(26)4-5-19(15,2)21(11,25)14(27)8-20(10,3)22(9,31)17(28)18(29)30/h4-5,9-12,14,18,27,29-31H,6-8H2,1-3H3/t9-,10+,11+,12+,14+,19+,20+,21-,22+/m1/s1. The molecule has 0 amide bonds. The number of ketones is 2. The summed E-state index contributed by atoms with van der Waals surface area (Å²) in [6.45, 7) is 4.23. The van der Waals surface area contributed by atoms with Gasteiger partial charge in [0.15, 0.2) is 11.5 Å². The van der Waals surface area contributed by atoms with Crippen LogP contribution in [0.5, 0.6) is 0 Å². The topological polar surface area (TPSA) is 115 Å². The number of aliphatic hydroxyl groups excluding tert-OH is 2. The van der Waals surface area contributed by atoms with E-state index in [1.165, 1.54) is 20.8 Å². The molecule has 172 valence electrons. The lowest BCUT2D eigenvalue weighted by Crippen LogP contribution is -2.71. The van der Waals surface area contributed by atoms with Crippen LogP contribution in [0, 0.1) is 28.6 Å². The molecule has 4 rings (SSSR count). The van der Waals surface area contributed by atoms with Crippen LogP contribution in [0.25, 0.3) is 0 Å². The smallest absolute Gasteiger partial charge is 0.220 e. The van der Waals surface area contributed by atoms with E-state index in [-0.39, 0.29) is 6.42 Å². The number of hydrogen-bond acceptors (Lipinski definition) is 6. The van der Waals surface area contributed by atoms with Crippen LogP contribution < -0.4 is 0 Å². The zero-order valence-electron chi connectivity index (χ0n) is 17.5. The number of aliphatic hydroxyl groups is 4. The van der Waals surface area contributed by atoms with Gasteiger partial charge in [-0.3, -0.25) is 9.59 Å². The molecule has 31 heavy (non-hydrogen) atoms. The minimum absolute atomic E-state index is 0.0709. The molecule has 9 heteroatoms. The van der Waals surface area contributed by atoms with Crippen molar-refractivity contribution < 1.29 is 43.2 Å². The van der Waals surface area contributed by atoms with Crippen LogP contribution in [-0.2, 0) is 9.59 Å². The number of alkyl halides is 2. The highest BCUT2D eigenvalue weighted by Crippen LogP contribution is 2.71. The lowest BCUT2D eigenvalue weighted by Gasteiger charge is -2.63. The number of hydrogen-bond donors (Lipinski definition) is 4. The van der Waals surface area contributed by atoms with Gasteiger partial charge in [0.05, 0.1) is 6.10 Å². The molecular weight excluding hydrogens is 417 g/mol. The van der Waals surface area contributed by atoms with Gasteiger partial charge in [0.1, 0.15) is 11.8 Å². The predicted molar refractivity (Wildman–Crippen MR) is 101 cm³/mol. The van der Waals surface area contributed by atoms with Gasteiger partial charge < -0.3 is 20.4 Å². The van der Waals surface area contributed by atoms with Crippen molar-refractivity contribution in [3.8, 4) is 0 Å². The summed E-state index contributed by atoms with van der Waals surface area (Å²) < 4.78 is 46.8. The van der Waals surface area contributed by atoms with Crippen molar-refractivity contribution in [2.24, 2.45) is 28.6 Å². The van der Waals surface area contributed by atoms with Crippen LogP contribution in [0.2, 0.25) is 0 Å². The number of allylic oxidation sites excluding steroid dienone is 4. The molecule has 0 aromatic heterocycles. The number of carbonyl (C=O) groups excluding carboxylic acids is 2. The molecule has 6 nitrogen and oxygen atoms in total. The van der Waals surface area contributed by atoms with Crippen molar-refractivity contribution in [1.29, 1.82) is 0 Å². The molecule has 0 spiro atoms. The summed E-state index contributed by atoms with van der Waals surface area (Å²) in [5.41, 5.74) is -8.87. The molecule has 0 aromatic rings. The SMILES string of the molecule is C[C@@H]1C[C@H]2[C@@H]3C[C@H](F)C4=C(F)C(=O)C=C[C@]4(C)[C@]3(F)[C@@H](O)C[C@]2(C)[C@@]1(O)C(=O)C(O)O. The fourth-order valence-electron chi connectivity index (χ4n) is 7.35. The van der Waals surface area contributed by atoms with E-state index in [9.17, 15) is 34.4 Å². The van der Waals surface area contributed by atoms with E-state index < -0.39 is 94.2 Å². The Bertz CT molecular complexity index is 917. The first-order valence-electron chi connectivity index (χ1n) is 10.5. The summed E-state index contributed by atoms with van der Waals surface area (Å²) in [6, 6.07) is 0. The lowest BCUT2D eigenvalue weighted by molar-refractivity contribution is -0.229. The van der Waals surface area contributed by atoms with E-state index in [0.717, 1.165) is 12.2 Å². The first-order chi connectivity index (χ1) is 14.2. The molecule has 0 unspecified atom stereocenters. The van der Waals surface area contributed by atoms with Crippen molar-refractivity contribution in [2.75, 3.05) is 0 Å². The predicted octanol–water partition coefficient (Wildman–Crippen LogP) is 1.46. The van der Waals surface area contributed by atoms with Gasteiger partial charge >= 0.3 is 0 Å². The molecule has 0 bridgehead atoms. The van der Waals surface area contributed by atoms with Crippen molar-refractivity contribution in [1.82, 2.24) is 0 Å². The van der Waals surface area contributed by atoms with Gasteiger partial charge in [-0.25, -0.2) is 13.2 Å². The fraction of sp³-hybridized carbons (Fsp3) is 0.727. The van der Waals surface area contributed by atoms with Crippen LogP contribution in [0.15, 0.2) is 23.6 Å². The third kappa shape index (κ3) is 2.38. The fourth-order valence-corrected chi connectivity index (χ4v) is 7.35. The molecular formula is C22H27F3O6. The minimum Gasteiger partial charge on any atom is -0.390 e. The van der Waals surface area contributed by atoms with E-state index in [1.807, 2.05) is 0 Å². The van der Waals surface area contributed by atoms with Crippen molar-refractivity contribution in [2.45, 2.75) is 69.9 Å². The molecule has 3 fully saturated rings. The summed E-state index contributed by atoms with van der Waals surface area (Å²) in [5.74, 6) is -6.52. The average molecular weight is 444 g/mol. The Labute approximate surface area is 177 Å². The Morgan fingerprint density at radius 2 is 1.84 bits per heavy atom. The van der Waals surface area contributed by atoms with Gasteiger partial charge in [0.25, 0.3) is 0 Å². The largest absolute Gasteiger partial charge is 0.390 e. The van der Waals surface area contributed by atoms with E-state index in [2.05, 4.69) is 0 Å². The van der Waals surface area contributed by atoms with Crippen molar-refractivity contribution >= 4 is 11.6 Å². The highest BCUT2D eigenvalue weighted by Gasteiger charge is 2.77. The molecule has 4 aliphatic carbocycles. The quantitative estimate of drug-likeness (QED) is 0.480. The second kappa shape index (κ2) is 6.50. The molecule has 9 atom stereocenters. The van der Waals surface area contributed by atoms with Crippen LogP contribution in [-0.4, -0.2) is 61.8 Å². The summed E-state index contributed by atoms with van der Waals surface area (Å²) >= 11 is 0. The van der Waals surface area contributed by atoms with Gasteiger partial charge in [-0.1, -0.05) is 19.9 Å². The summed E-state index contributed by atoms with van der Waals surface area (Å²) in [5, 5.41) is 41.3. The molecule has 0 aromatic carbocycles. The number of rotatable bonds is 2. The number of Topliss-reactive ketones (excluding diaryl/α,β-unsaturated/α-hetero) is 1. The van der Waals surface area contributed by atoms with Crippen molar-refractivity contribution in [3.05, 3.63) is 23.6 Å². The number of fused-ring (bicyclic) bond motifs is 5. The first-order valence-corrected chi connectivity index (χ1v) is 10.5.